The van der Waals surface area contributed by atoms with Gasteiger partial charge in [-0.05, 0) is 53.6 Å². The maximum absolute atomic E-state index is 12.9. The molecule has 0 aliphatic rings. The van der Waals surface area contributed by atoms with Gasteiger partial charge in [0.25, 0.3) is 5.56 Å². The number of fused-ring (bicyclic) bond motifs is 1. The molecule has 3 aromatic heterocycles. The highest BCUT2D eigenvalue weighted by molar-refractivity contribution is 7.13. The van der Waals surface area contributed by atoms with Crippen molar-refractivity contribution < 1.29 is 0 Å². The Hall–Kier alpha value is -3.50. The van der Waals surface area contributed by atoms with Crippen LogP contribution in [0.3, 0.4) is 0 Å². The largest absolute Gasteiger partial charge is 0.321 e. The Kier molecular flexibility index (Phi) is 4.34. The standard InChI is InChI=1S/C25H18N2OS/c1-16-8-10-17(11-9-16)22-14-19(15-23(26-22)24-7-4-12-29-24)20-13-18-5-2-3-6-21(18)27-25(20)28/h2-15H,1H3,(H,27,28). The predicted molar refractivity (Wildman–Crippen MR) is 121 cm³/mol. The van der Waals surface area contributed by atoms with E-state index in [0.29, 0.717) is 5.56 Å². The Balaban J connectivity index is 1.75. The van der Waals surface area contributed by atoms with Gasteiger partial charge >= 0.3 is 0 Å². The zero-order valence-corrected chi connectivity index (χ0v) is 16.7. The molecule has 0 amide bonds. The number of aromatic amines is 1. The number of H-pyrrole nitrogens is 1. The fourth-order valence-electron chi connectivity index (χ4n) is 3.47. The molecule has 0 radical (unpaired) electrons. The van der Waals surface area contributed by atoms with E-state index in [1.54, 1.807) is 11.3 Å². The number of hydrogen-bond acceptors (Lipinski definition) is 3. The number of thiophene rings is 1. The van der Waals surface area contributed by atoms with E-state index < -0.39 is 0 Å². The topological polar surface area (TPSA) is 45.8 Å². The summed E-state index contributed by atoms with van der Waals surface area (Å²) in [6.07, 6.45) is 0. The number of rotatable bonds is 3. The monoisotopic (exact) mass is 394 g/mol. The molecule has 140 valence electrons. The van der Waals surface area contributed by atoms with Crippen LogP contribution in [0.4, 0.5) is 0 Å². The van der Waals surface area contributed by atoms with E-state index in [2.05, 4.69) is 42.2 Å². The predicted octanol–water partition coefficient (Wildman–Crippen LogP) is 6.29. The van der Waals surface area contributed by atoms with Gasteiger partial charge in [0.05, 0.1) is 16.3 Å². The molecule has 0 saturated heterocycles. The molecule has 3 nitrogen and oxygen atoms in total. The fraction of sp³-hybridized carbons (Fsp3) is 0.0400. The van der Waals surface area contributed by atoms with Crippen molar-refractivity contribution in [3.05, 3.63) is 100 Å². The SMILES string of the molecule is Cc1ccc(-c2cc(-c3cc4ccccc4[nH]c3=O)cc(-c3cccs3)n2)cc1. The van der Waals surface area contributed by atoms with E-state index >= 15 is 0 Å². The zero-order chi connectivity index (χ0) is 19.8. The first-order valence-electron chi connectivity index (χ1n) is 9.43. The Labute approximate surface area is 172 Å². The molecule has 0 fully saturated rings. The van der Waals surface area contributed by atoms with Crippen molar-refractivity contribution in [1.29, 1.82) is 0 Å². The Morgan fingerprint density at radius 2 is 1.62 bits per heavy atom. The van der Waals surface area contributed by atoms with E-state index in [1.807, 2.05) is 53.9 Å². The lowest BCUT2D eigenvalue weighted by molar-refractivity contribution is 1.29. The molecule has 0 spiro atoms. The van der Waals surface area contributed by atoms with Crippen LogP contribution in [-0.4, -0.2) is 9.97 Å². The van der Waals surface area contributed by atoms with Crippen LogP contribution in [0.25, 0.3) is 43.9 Å². The average molecular weight is 394 g/mol. The fourth-order valence-corrected chi connectivity index (χ4v) is 4.16. The van der Waals surface area contributed by atoms with E-state index in [0.717, 1.165) is 38.3 Å². The minimum absolute atomic E-state index is 0.0955. The maximum Gasteiger partial charge on any atom is 0.256 e. The molecule has 0 atom stereocenters. The Bertz CT molecular complexity index is 1370. The normalized spacial score (nSPS) is 11.1. The summed E-state index contributed by atoms with van der Waals surface area (Å²) in [5.74, 6) is 0. The van der Waals surface area contributed by atoms with Crippen molar-refractivity contribution in [2.45, 2.75) is 6.92 Å². The highest BCUT2D eigenvalue weighted by Gasteiger charge is 2.12. The number of hydrogen-bond donors (Lipinski definition) is 1. The van der Waals surface area contributed by atoms with Crippen molar-refractivity contribution in [2.75, 3.05) is 0 Å². The molecule has 0 aliphatic carbocycles. The quantitative estimate of drug-likeness (QED) is 0.391. The van der Waals surface area contributed by atoms with Gasteiger partial charge in [0.1, 0.15) is 0 Å². The minimum Gasteiger partial charge on any atom is -0.321 e. The summed E-state index contributed by atoms with van der Waals surface area (Å²) in [6.45, 7) is 2.07. The van der Waals surface area contributed by atoms with E-state index in [1.165, 1.54) is 5.56 Å². The highest BCUT2D eigenvalue weighted by Crippen LogP contribution is 2.31. The van der Waals surface area contributed by atoms with E-state index in [-0.39, 0.29) is 5.56 Å². The first-order valence-corrected chi connectivity index (χ1v) is 10.3. The summed E-state index contributed by atoms with van der Waals surface area (Å²) in [5, 5.41) is 3.05. The number of nitrogens with zero attached hydrogens (tertiary/aromatic N) is 1. The number of benzene rings is 2. The summed E-state index contributed by atoms with van der Waals surface area (Å²) in [7, 11) is 0. The van der Waals surface area contributed by atoms with Crippen molar-refractivity contribution in [1.82, 2.24) is 9.97 Å². The lowest BCUT2D eigenvalue weighted by Gasteiger charge is -2.10. The van der Waals surface area contributed by atoms with Gasteiger partial charge in [-0.1, -0.05) is 54.1 Å². The van der Waals surface area contributed by atoms with Gasteiger partial charge in [-0.15, -0.1) is 11.3 Å². The summed E-state index contributed by atoms with van der Waals surface area (Å²) in [4.78, 5) is 21.8. The molecular formula is C25H18N2OS. The summed E-state index contributed by atoms with van der Waals surface area (Å²) in [5.41, 5.74) is 6.23. The average Bonchev–Trinajstić information content (AvgIpc) is 3.28. The van der Waals surface area contributed by atoms with Crippen LogP contribution in [0.5, 0.6) is 0 Å². The van der Waals surface area contributed by atoms with Crippen LogP contribution in [0, 0.1) is 6.92 Å². The van der Waals surface area contributed by atoms with Crippen LogP contribution in [0.15, 0.2) is 89.0 Å². The number of aromatic nitrogens is 2. The molecule has 5 rings (SSSR count). The molecule has 1 N–H and O–H groups in total. The Morgan fingerprint density at radius 1 is 0.828 bits per heavy atom. The van der Waals surface area contributed by atoms with Crippen LogP contribution < -0.4 is 5.56 Å². The second-order valence-electron chi connectivity index (χ2n) is 7.07. The number of nitrogens with one attached hydrogen (secondary N) is 1. The first-order chi connectivity index (χ1) is 14.2. The van der Waals surface area contributed by atoms with Crippen molar-refractivity contribution in [3.8, 4) is 33.0 Å². The number of pyridine rings is 2. The lowest BCUT2D eigenvalue weighted by Crippen LogP contribution is -2.09. The molecule has 0 bridgehead atoms. The van der Waals surface area contributed by atoms with Gasteiger partial charge in [0.15, 0.2) is 0 Å². The molecular weight excluding hydrogens is 376 g/mol. The molecule has 0 unspecified atom stereocenters. The van der Waals surface area contributed by atoms with Crippen molar-refractivity contribution in [2.24, 2.45) is 0 Å². The van der Waals surface area contributed by atoms with Crippen LogP contribution >= 0.6 is 11.3 Å². The molecule has 5 aromatic rings. The highest BCUT2D eigenvalue weighted by atomic mass is 32.1. The second-order valence-corrected chi connectivity index (χ2v) is 8.02. The second kappa shape index (κ2) is 7.15. The molecule has 29 heavy (non-hydrogen) atoms. The molecule has 0 saturated carbocycles. The van der Waals surface area contributed by atoms with E-state index in [4.69, 9.17) is 4.98 Å². The summed E-state index contributed by atoms with van der Waals surface area (Å²) < 4.78 is 0. The third kappa shape index (κ3) is 3.39. The van der Waals surface area contributed by atoms with Crippen LogP contribution in [0.1, 0.15) is 5.56 Å². The number of aryl methyl sites for hydroxylation is 1. The third-order valence-electron chi connectivity index (χ3n) is 5.01. The van der Waals surface area contributed by atoms with Crippen molar-refractivity contribution >= 4 is 22.2 Å². The molecule has 0 aliphatic heterocycles. The van der Waals surface area contributed by atoms with Gasteiger partial charge in [-0.3, -0.25) is 4.79 Å². The maximum atomic E-state index is 12.9. The van der Waals surface area contributed by atoms with E-state index in [9.17, 15) is 4.79 Å². The Morgan fingerprint density at radius 3 is 2.41 bits per heavy atom. The van der Waals surface area contributed by atoms with Gasteiger partial charge in [0.2, 0.25) is 0 Å². The smallest absolute Gasteiger partial charge is 0.256 e. The summed E-state index contributed by atoms with van der Waals surface area (Å²) in [6, 6.07) is 26.2. The third-order valence-corrected chi connectivity index (χ3v) is 5.90. The van der Waals surface area contributed by atoms with Gasteiger partial charge in [-0.25, -0.2) is 4.98 Å². The minimum atomic E-state index is -0.0955. The van der Waals surface area contributed by atoms with Gasteiger partial charge < -0.3 is 4.98 Å². The molecule has 2 aromatic carbocycles. The summed E-state index contributed by atoms with van der Waals surface area (Å²) >= 11 is 1.64. The van der Waals surface area contributed by atoms with Crippen LogP contribution in [-0.2, 0) is 0 Å². The van der Waals surface area contributed by atoms with Gasteiger partial charge in [-0.2, -0.15) is 0 Å². The number of para-hydroxylation sites is 1. The molecule has 3 heterocycles. The van der Waals surface area contributed by atoms with Crippen LogP contribution in [0.2, 0.25) is 0 Å². The van der Waals surface area contributed by atoms with Gasteiger partial charge in [0, 0.05) is 16.6 Å². The lowest BCUT2D eigenvalue weighted by atomic mass is 10.0. The first kappa shape index (κ1) is 17.6. The molecule has 4 heteroatoms. The van der Waals surface area contributed by atoms with Crippen molar-refractivity contribution in [3.63, 3.8) is 0 Å². The zero-order valence-electron chi connectivity index (χ0n) is 15.8.